The first kappa shape index (κ1) is 21.9. The number of hydrogen-bond donors (Lipinski definition) is 0. The Morgan fingerprint density at radius 2 is 1.75 bits per heavy atom. The maximum atomic E-state index is 14.2. The standard InChI is InChI=1S/C23H19FN2O4S2/c1-30-17-10-12-18(13-11-17)32(28,29)15-21(27)26(14-16-6-3-2-4-7-16)23-25-22-19(24)8-5-9-20(22)31-23/h2-13H,14-15H2,1H3. The zero-order chi connectivity index (χ0) is 22.7. The van der Waals surface area contributed by atoms with Gasteiger partial charge in [0.05, 0.1) is 23.2 Å². The summed E-state index contributed by atoms with van der Waals surface area (Å²) < 4.78 is 45.6. The molecule has 1 amide bonds. The van der Waals surface area contributed by atoms with E-state index in [-0.39, 0.29) is 22.1 Å². The minimum atomic E-state index is -3.91. The zero-order valence-corrected chi connectivity index (χ0v) is 18.7. The fraction of sp³-hybridized carbons (Fsp3) is 0.130. The van der Waals surface area contributed by atoms with Crippen molar-refractivity contribution in [2.75, 3.05) is 17.8 Å². The molecule has 0 saturated heterocycles. The minimum absolute atomic E-state index is 0.0154. The lowest BCUT2D eigenvalue weighted by Crippen LogP contribution is -2.35. The minimum Gasteiger partial charge on any atom is -0.497 e. The molecule has 3 aromatic carbocycles. The average molecular weight is 471 g/mol. The van der Waals surface area contributed by atoms with Crippen LogP contribution in [0.5, 0.6) is 5.75 Å². The van der Waals surface area contributed by atoms with Crippen LogP contribution in [0.25, 0.3) is 10.2 Å². The van der Waals surface area contributed by atoms with E-state index in [1.54, 1.807) is 12.1 Å². The molecule has 4 rings (SSSR count). The van der Waals surface area contributed by atoms with Gasteiger partial charge in [0, 0.05) is 0 Å². The van der Waals surface area contributed by atoms with Crippen molar-refractivity contribution in [3.63, 3.8) is 0 Å². The van der Waals surface area contributed by atoms with Crippen LogP contribution in [0.2, 0.25) is 0 Å². The van der Waals surface area contributed by atoms with E-state index in [4.69, 9.17) is 4.74 Å². The van der Waals surface area contributed by atoms with E-state index in [1.165, 1.54) is 42.3 Å². The first-order chi connectivity index (χ1) is 15.4. The van der Waals surface area contributed by atoms with Gasteiger partial charge >= 0.3 is 0 Å². The van der Waals surface area contributed by atoms with Gasteiger partial charge in [-0.05, 0) is 42.0 Å². The van der Waals surface area contributed by atoms with Crippen molar-refractivity contribution in [1.82, 2.24) is 4.98 Å². The van der Waals surface area contributed by atoms with Crippen LogP contribution in [0.4, 0.5) is 9.52 Å². The quantitative estimate of drug-likeness (QED) is 0.399. The number of benzene rings is 3. The van der Waals surface area contributed by atoms with E-state index < -0.39 is 27.3 Å². The highest BCUT2D eigenvalue weighted by Crippen LogP contribution is 2.31. The molecule has 32 heavy (non-hydrogen) atoms. The Kier molecular flexibility index (Phi) is 6.20. The van der Waals surface area contributed by atoms with Crippen molar-refractivity contribution >= 4 is 42.4 Å². The predicted octanol–water partition coefficient (Wildman–Crippen LogP) is 4.45. The second-order valence-corrected chi connectivity index (χ2v) is 9.98. The van der Waals surface area contributed by atoms with Crippen molar-refractivity contribution in [2.45, 2.75) is 11.4 Å². The molecule has 6 nitrogen and oxygen atoms in total. The number of hydrogen-bond acceptors (Lipinski definition) is 6. The van der Waals surface area contributed by atoms with Gasteiger partial charge in [0.15, 0.2) is 15.0 Å². The fourth-order valence-corrected chi connectivity index (χ4v) is 5.35. The van der Waals surface area contributed by atoms with Gasteiger partial charge in [-0.15, -0.1) is 0 Å². The molecule has 1 heterocycles. The lowest BCUT2D eigenvalue weighted by atomic mass is 10.2. The molecule has 164 valence electrons. The number of sulfone groups is 1. The molecular formula is C23H19FN2O4S2. The van der Waals surface area contributed by atoms with E-state index in [0.29, 0.717) is 10.4 Å². The molecule has 0 radical (unpaired) electrons. The molecule has 0 aliphatic rings. The smallest absolute Gasteiger partial charge is 0.244 e. The third-order valence-corrected chi connectivity index (χ3v) is 7.47. The van der Waals surface area contributed by atoms with Gasteiger partial charge in [0.25, 0.3) is 0 Å². The highest BCUT2D eigenvalue weighted by atomic mass is 32.2. The normalized spacial score (nSPS) is 11.4. The molecule has 0 N–H and O–H groups in total. The highest BCUT2D eigenvalue weighted by Gasteiger charge is 2.27. The summed E-state index contributed by atoms with van der Waals surface area (Å²) in [7, 11) is -2.43. The molecule has 0 saturated carbocycles. The highest BCUT2D eigenvalue weighted by molar-refractivity contribution is 7.92. The Balaban J connectivity index is 1.68. The predicted molar refractivity (Wildman–Crippen MR) is 122 cm³/mol. The first-order valence-corrected chi connectivity index (χ1v) is 12.1. The second kappa shape index (κ2) is 9.05. The van der Waals surface area contributed by atoms with Crippen LogP contribution < -0.4 is 9.64 Å². The van der Waals surface area contributed by atoms with Crippen molar-refractivity contribution in [2.24, 2.45) is 0 Å². The third-order valence-electron chi connectivity index (χ3n) is 4.81. The molecule has 0 unspecified atom stereocenters. The van der Waals surface area contributed by atoms with Gasteiger partial charge in [-0.3, -0.25) is 9.69 Å². The number of para-hydroxylation sites is 1. The fourth-order valence-electron chi connectivity index (χ4n) is 3.15. The largest absolute Gasteiger partial charge is 0.497 e. The summed E-state index contributed by atoms with van der Waals surface area (Å²) in [6.45, 7) is 0.110. The summed E-state index contributed by atoms with van der Waals surface area (Å²) in [6, 6.07) is 19.6. The molecular weight excluding hydrogens is 451 g/mol. The van der Waals surface area contributed by atoms with E-state index in [9.17, 15) is 17.6 Å². The maximum Gasteiger partial charge on any atom is 0.244 e. The molecule has 0 fully saturated rings. The number of rotatable bonds is 7. The van der Waals surface area contributed by atoms with Crippen LogP contribution in [-0.2, 0) is 21.2 Å². The van der Waals surface area contributed by atoms with Gasteiger partial charge in [-0.25, -0.2) is 17.8 Å². The zero-order valence-electron chi connectivity index (χ0n) is 17.1. The monoisotopic (exact) mass is 470 g/mol. The molecule has 9 heteroatoms. The molecule has 1 aromatic heterocycles. The lowest BCUT2D eigenvalue weighted by Gasteiger charge is -2.20. The van der Waals surface area contributed by atoms with Crippen molar-refractivity contribution in [3.8, 4) is 5.75 Å². The Labute approximate surface area is 188 Å². The number of ether oxygens (including phenoxy) is 1. The van der Waals surface area contributed by atoms with E-state index >= 15 is 0 Å². The second-order valence-electron chi connectivity index (χ2n) is 6.98. The topological polar surface area (TPSA) is 76.6 Å². The molecule has 0 aliphatic carbocycles. The number of halogens is 1. The Hall–Kier alpha value is -3.30. The number of fused-ring (bicyclic) bond motifs is 1. The van der Waals surface area contributed by atoms with Crippen molar-refractivity contribution in [1.29, 1.82) is 0 Å². The average Bonchev–Trinajstić information content (AvgIpc) is 3.23. The van der Waals surface area contributed by atoms with Crippen LogP contribution in [0, 0.1) is 5.82 Å². The number of carbonyl (C=O) groups excluding carboxylic acids is 1. The van der Waals surface area contributed by atoms with Crippen molar-refractivity contribution < 1.29 is 22.3 Å². The van der Waals surface area contributed by atoms with Gasteiger partial charge in [-0.1, -0.05) is 47.7 Å². The van der Waals surface area contributed by atoms with Crippen LogP contribution >= 0.6 is 11.3 Å². The maximum absolute atomic E-state index is 14.2. The Bertz CT molecular complexity index is 1350. The first-order valence-electron chi connectivity index (χ1n) is 9.63. The Morgan fingerprint density at radius 1 is 1.03 bits per heavy atom. The number of nitrogens with zero attached hydrogens (tertiary/aromatic N) is 2. The number of anilines is 1. The molecule has 0 spiro atoms. The number of methoxy groups -OCH3 is 1. The van der Waals surface area contributed by atoms with Gasteiger partial charge in [0.2, 0.25) is 5.91 Å². The van der Waals surface area contributed by atoms with Crippen LogP contribution in [0.1, 0.15) is 5.56 Å². The van der Waals surface area contributed by atoms with Gasteiger partial charge < -0.3 is 4.74 Å². The molecule has 0 bridgehead atoms. The van der Waals surface area contributed by atoms with Crippen molar-refractivity contribution in [3.05, 3.63) is 84.2 Å². The van der Waals surface area contributed by atoms with Gasteiger partial charge in [-0.2, -0.15) is 0 Å². The summed E-state index contributed by atoms with van der Waals surface area (Å²) in [5.74, 6) is -1.38. The SMILES string of the molecule is COc1ccc(S(=O)(=O)CC(=O)N(Cc2ccccc2)c2nc3c(F)cccc3s2)cc1. The lowest BCUT2D eigenvalue weighted by molar-refractivity contribution is -0.116. The summed E-state index contributed by atoms with van der Waals surface area (Å²) in [5, 5.41) is 0.240. The van der Waals surface area contributed by atoms with Crippen LogP contribution in [0.3, 0.4) is 0 Å². The van der Waals surface area contributed by atoms with E-state index in [0.717, 1.165) is 16.9 Å². The summed E-state index contributed by atoms with van der Waals surface area (Å²) >= 11 is 1.14. The number of aromatic nitrogens is 1. The molecule has 0 aliphatic heterocycles. The number of thiazole rings is 1. The van der Waals surface area contributed by atoms with Crippen LogP contribution in [0.15, 0.2) is 77.7 Å². The van der Waals surface area contributed by atoms with E-state index in [1.807, 2.05) is 30.3 Å². The third kappa shape index (κ3) is 4.63. The summed E-state index contributed by atoms with van der Waals surface area (Å²) in [4.78, 5) is 18.8. The summed E-state index contributed by atoms with van der Waals surface area (Å²) in [5.41, 5.74) is 0.943. The van der Waals surface area contributed by atoms with Gasteiger partial charge in [0.1, 0.15) is 22.8 Å². The molecule has 4 aromatic rings. The van der Waals surface area contributed by atoms with E-state index in [2.05, 4.69) is 4.98 Å². The summed E-state index contributed by atoms with van der Waals surface area (Å²) in [6.07, 6.45) is 0. The Morgan fingerprint density at radius 3 is 2.41 bits per heavy atom. The number of amides is 1. The molecule has 0 atom stereocenters. The van der Waals surface area contributed by atoms with Crippen LogP contribution in [-0.4, -0.2) is 32.2 Å². The number of carbonyl (C=O) groups is 1.